The molecule has 2 aliphatic rings. The number of hydrogen-bond acceptors (Lipinski definition) is 3. The molecule has 1 amide bonds. The van der Waals surface area contributed by atoms with Crippen molar-refractivity contribution >= 4 is 17.3 Å². The Labute approximate surface area is 148 Å². The SMILES string of the molecule is CC(=O)N1c2ccccc2C(Nc2ccccc2)C(CO)C1C1CC1. The molecule has 0 radical (unpaired) electrons. The fraction of sp³-hybridized carbons (Fsp3) is 0.381. The Balaban J connectivity index is 1.80. The number of carbonyl (C=O) groups excluding carboxylic acids is 1. The van der Waals surface area contributed by atoms with E-state index in [2.05, 4.69) is 11.4 Å². The first-order valence-corrected chi connectivity index (χ1v) is 9.02. The molecule has 4 rings (SSSR count). The van der Waals surface area contributed by atoms with Crippen LogP contribution in [0.1, 0.15) is 31.4 Å². The van der Waals surface area contributed by atoms with Gasteiger partial charge >= 0.3 is 0 Å². The van der Waals surface area contributed by atoms with E-state index in [9.17, 15) is 9.90 Å². The maximum absolute atomic E-state index is 12.5. The van der Waals surface area contributed by atoms with Crippen LogP contribution in [0.25, 0.3) is 0 Å². The Kier molecular flexibility index (Phi) is 4.22. The predicted octanol–water partition coefficient (Wildman–Crippen LogP) is 3.59. The summed E-state index contributed by atoms with van der Waals surface area (Å²) in [5.41, 5.74) is 3.09. The van der Waals surface area contributed by atoms with Gasteiger partial charge in [0.15, 0.2) is 0 Å². The minimum absolute atomic E-state index is 0.00944. The van der Waals surface area contributed by atoms with Gasteiger partial charge in [0, 0.05) is 30.3 Å². The van der Waals surface area contributed by atoms with Crippen molar-refractivity contribution in [2.75, 3.05) is 16.8 Å². The Bertz CT molecular complexity index is 758. The second-order valence-electron chi connectivity index (χ2n) is 7.11. The van der Waals surface area contributed by atoms with Crippen LogP contribution in [0.5, 0.6) is 0 Å². The largest absolute Gasteiger partial charge is 0.396 e. The lowest BCUT2D eigenvalue weighted by Gasteiger charge is -2.46. The summed E-state index contributed by atoms with van der Waals surface area (Å²) in [5.74, 6) is 0.516. The first-order chi connectivity index (χ1) is 12.2. The Hall–Kier alpha value is -2.33. The molecule has 1 heterocycles. The van der Waals surface area contributed by atoms with E-state index < -0.39 is 0 Å². The van der Waals surface area contributed by atoms with Crippen molar-refractivity contribution in [1.82, 2.24) is 0 Å². The summed E-state index contributed by atoms with van der Waals surface area (Å²) in [7, 11) is 0. The van der Waals surface area contributed by atoms with Gasteiger partial charge in [0.05, 0.1) is 12.6 Å². The van der Waals surface area contributed by atoms with E-state index in [4.69, 9.17) is 0 Å². The van der Waals surface area contributed by atoms with Gasteiger partial charge in [0.1, 0.15) is 0 Å². The summed E-state index contributed by atoms with van der Waals surface area (Å²) in [6.45, 7) is 1.69. The molecule has 130 valence electrons. The molecule has 2 aromatic carbocycles. The van der Waals surface area contributed by atoms with Crippen molar-refractivity contribution in [3.63, 3.8) is 0 Å². The fourth-order valence-electron chi connectivity index (χ4n) is 4.24. The number of carbonyl (C=O) groups is 1. The molecular formula is C21H24N2O2. The minimum atomic E-state index is -0.0218. The smallest absolute Gasteiger partial charge is 0.224 e. The van der Waals surface area contributed by atoms with Gasteiger partial charge in [-0.2, -0.15) is 0 Å². The number of anilines is 2. The molecule has 2 aromatic rings. The predicted molar refractivity (Wildman–Crippen MR) is 99.5 cm³/mol. The highest BCUT2D eigenvalue weighted by molar-refractivity contribution is 5.94. The number of rotatable bonds is 4. The highest BCUT2D eigenvalue weighted by atomic mass is 16.3. The van der Waals surface area contributed by atoms with Crippen molar-refractivity contribution in [2.45, 2.75) is 31.8 Å². The maximum Gasteiger partial charge on any atom is 0.224 e. The number of aliphatic hydroxyl groups is 1. The van der Waals surface area contributed by atoms with E-state index in [1.807, 2.05) is 53.4 Å². The maximum atomic E-state index is 12.5. The zero-order valence-corrected chi connectivity index (χ0v) is 14.4. The number of amides is 1. The molecule has 4 nitrogen and oxygen atoms in total. The number of para-hydroxylation sites is 2. The molecule has 1 fully saturated rings. The minimum Gasteiger partial charge on any atom is -0.396 e. The van der Waals surface area contributed by atoms with Crippen molar-refractivity contribution in [2.24, 2.45) is 11.8 Å². The van der Waals surface area contributed by atoms with Crippen LogP contribution in [0.4, 0.5) is 11.4 Å². The molecule has 4 heteroatoms. The average molecular weight is 336 g/mol. The summed E-state index contributed by atoms with van der Waals surface area (Å²) in [4.78, 5) is 14.4. The van der Waals surface area contributed by atoms with E-state index >= 15 is 0 Å². The number of fused-ring (bicyclic) bond motifs is 1. The van der Waals surface area contributed by atoms with Crippen molar-refractivity contribution < 1.29 is 9.90 Å². The number of hydrogen-bond donors (Lipinski definition) is 2. The van der Waals surface area contributed by atoms with Gasteiger partial charge < -0.3 is 15.3 Å². The van der Waals surface area contributed by atoms with Crippen LogP contribution in [-0.2, 0) is 4.79 Å². The number of benzene rings is 2. The normalized spacial score (nSPS) is 25.4. The molecule has 1 saturated carbocycles. The van der Waals surface area contributed by atoms with E-state index in [0.29, 0.717) is 5.92 Å². The zero-order chi connectivity index (χ0) is 17.4. The monoisotopic (exact) mass is 336 g/mol. The summed E-state index contributed by atoms with van der Waals surface area (Å²) in [6, 6.07) is 18.2. The van der Waals surface area contributed by atoms with Gasteiger partial charge in [-0.15, -0.1) is 0 Å². The quantitative estimate of drug-likeness (QED) is 0.897. The molecule has 25 heavy (non-hydrogen) atoms. The summed E-state index contributed by atoms with van der Waals surface area (Å²) < 4.78 is 0. The number of nitrogens with one attached hydrogen (secondary N) is 1. The first-order valence-electron chi connectivity index (χ1n) is 9.02. The second kappa shape index (κ2) is 6.52. The average Bonchev–Trinajstić information content (AvgIpc) is 3.46. The van der Waals surface area contributed by atoms with E-state index in [-0.39, 0.29) is 30.5 Å². The molecule has 0 saturated heterocycles. The van der Waals surface area contributed by atoms with Crippen molar-refractivity contribution in [3.05, 3.63) is 60.2 Å². The van der Waals surface area contributed by atoms with Gasteiger partial charge in [0.2, 0.25) is 5.91 Å². The van der Waals surface area contributed by atoms with E-state index in [1.165, 1.54) is 0 Å². The third-order valence-electron chi connectivity index (χ3n) is 5.45. The van der Waals surface area contributed by atoms with Gasteiger partial charge in [0.25, 0.3) is 0 Å². The lowest BCUT2D eigenvalue weighted by Crippen LogP contribution is -2.53. The standard InChI is InChI=1S/C21H24N2O2/c1-14(25)23-19-10-6-5-9-17(19)20(22-16-7-3-2-4-8-16)18(13-24)21(23)15-11-12-15/h2-10,15,18,20-22,24H,11-13H2,1H3. The Morgan fingerprint density at radius 2 is 1.80 bits per heavy atom. The topological polar surface area (TPSA) is 52.6 Å². The summed E-state index contributed by atoms with van der Waals surface area (Å²) >= 11 is 0. The van der Waals surface area contributed by atoms with Crippen LogP contribution >= 0.6 is 0 Å². The second-order valence-corrected chi connectivity index (χ2v) is 7.11. The van der Waals surface area contributed by atoms with Gasteiger partial charge in [-0.25, -0.2) is 0 Å². The Morgan fingerprint density at radius 1 is 1.12 bits per heavy atom. The number of nitrogens with zero attached hydrogens (tertiary/aromatic N) is 1. The van der Waals surface area contributed by atoms with Gasteiger partial charge in [-0.3, -0.25) is 4.79 Å². The molecule has 2 N–H and O–H groups in total. The van der Waals surface area contributed by atoms with Crippen LogP contribution in [0.2, 0.25) is 0 Å². The van der Waals surface area contributed by atoms with Crippen molar-refractivity contribution in [3.8, 4) is 0 Å². The highest BCUT2D eigenvalue weighted by Crippen LogP contribution is 2.49. The molecular weight excluding hydrogens is 312 g/mol. The highest BCUT2D eigenvalue weighted by Gasteiger charge is 2.48. The van der Waals surface area contributed by atoms with Crippen molar-refractivity contribution in [1.29, 1.82) is 0 Å². The van der Waals surface area contributed by atoms with Crippen LogP contribution < -0.4 is 10.2 Å². The van der Waals surface area contributed by atoms with Gasteiger partial charge in [-0.05, 0) is 42.5 Å². The molecule has 0 spiro atoms. The molecule has 3 unspecified atom stereocenters. The van der Waals surface area contributed by atoms with Crippen LogP contribution in [0.3, 0.4) is 0 Å². The van der Waals surface area contributed by atoms with Crippen LogP contribution in [0.15, 0.2) is 54.6 Å². The summed E-state index contributed by atoms with van der Waals surface area (Å²) in [5, 5.41) is 13.8. The lowest BCUT2D eigenvalue weighted by molar-refractivity contribution is -0.117. The third kappa shape index (κ3) is 2.91. The molecule has 3 atom stereocenters. The van der Waals surface area contributed by atoms with E-state index in [1.54, 1.807) is 6.92 Å². The zero-order valence-electron chi connectivity index (χ0n) is 14.4. The van der Waals surface area contributed by atoms with Gasteiger partial charge in [-0.1, -0.05) is 36.4 Å². The first kappa shape index (κ1) is 16.2. The molecule has 0 bridgehead atoms. The van der Waals surface area contributed by atoms with Crippen LogP contribution in [-0.4, -0.2) is 23.7 Å². The van der Waals surface area contributed by atoms with Crippen LogP contribution in [0, 0.1) is 11.8 Å². The molecule has 0 aromatic heterocycles. The fourth-order valence-corrected chi connectivity index (χ4v) is 4.24. The Morgan fingerprint density at radius 3 is 2.44 bits per heavy atom. The summed E-state index contributed by atoms with van der Waals surface area (Å²) in [6.07, 6.45) is 2.26. The lowest BCUT2D eigenvalue weighted by atomic mass is 9.79. The molecule has 1 aliphatic heterocycles. The van der Waals surface area contributed by atoms with E-state index in [0.717, 1.165) is 29.8 Å². The molecule has 1 aliphatic carbocycles. The third-order valence-corrected chi connectivity index (χ3v) is 5.45. The number of aliphatic hydroxyl groups excluding tert-OH is 1.